The van der Waals surface area contributed by atoms with Crippen molar-refractivity contribution in [3.8, 4) is 11.5 Å². The molecule has 0 saturated heterocycles. The number of aromatic hydroxyl groups is 1. The number of benzene rings is 1. The van der Waals surface area contributed by atoms with E-state index in [2.05, 4.69) is 19.6 Å². The third-order valence-electron chi connectivity index (χ3n) is 4.59. The van der Waals surface area contributed by atoms with Gasteiger partial charge in [-0.25, -0.2) is 0 Å². The summed E-state index contributed by atoms with van der Waals surface area (Å²) in [4.78, 5) is 11.6. The molecule has 0 bridgehead atoms. The van der Waals surface area contributed by atoms with Crippen molar-refractivity contribution in [3.05, 3.63) is 53.4 Å². The second-order valence-corrected chi connectivity index (χ2v) is 7.36. The maximum atomic E-state index is 11.6. The number of amides is 1. The van der Waals surface area contributed by atoms with E-state index < -0.39 is 0 Å². The molecular weight excluding hydrogens is 454 g/mol. The van der Waals surface area contributed by atoms with Crippen molar-refractivity contribution in [2.75, 3.05) is 7.11 Å². The van der Waals surface area contributed by atoms with Crippen LogP contribution in [-0.4, -0.2) is 18.1 Å². The van der Waals surface area contributed by atoms with Crippen molar-refractivity contribution in [1.29, 1.82) is 0 Å². The minimum atomic E-state index is -0.252. The molecule has 0 saturated carbocycles. The number of ether oxygens (including phenoxy) is 1. The Morgan fingerprint density at radius 3 is 2.47 bits per heavy atom. The number of carbonyl (C=O) groups is 1. The molecule has 1 unspecified atom stereocenters. The van der Waals surface area contributed by atoms with E-state index >= 15 is 0 Å². The number of nitrogens with zero attached hydrogens (tertiary/aromatic N) is 1. The molecule has 0 radical (unpaired) electrons. The van der Waals surface area contributed by atoms with Crippen LogP contribution in [0.3, 0.4) is 0 Å². The van der Waals surface area contributed by atoms with E-state index in [9.17, 15) is 15.1 Å². The zero-order valence-corrected chi connectivity index (χ0v) is 21.8. The Hall–Kier alpha value is -1.79. The van der Waals surface area contributed by atoms with Crippen LogP contribution in [0.5, 0.6) is 11.5 Å². The molecule has 0 fully saturated rings. The van der Waals surface area contributed by atoms with Crippen LogP contribution >= 0.6 is 12.6 Å². The van der Waals surface area contributed by atoms with Crippen LogP contribution in [-0.2, 0) is 30.7 Å². The molecule has 162 valence electrons. The number of pyridine rings is 1. The summed E-state index contributed by atoms with van der Waals surface area (Å²) < 4.78 is 5.78. The third kappa shape index (κ3) is 10.8. The van der Waals surface area contributed by atoms with Gasteiger partial charge in [-0.1, -0.05) is 57.7 Å². The second-order valence-electron chi connectivity index (χ2n) is 6.90. The van der Waals surface area contributed by atoms with Gasteiger partial charge in [-0.15, -0.1) is 0 Å². The largest absolute Gasteiger partial charge is 0.618 e. The molecule has 0 aliphatic carbocycles. The number of aromatic nitrogens is 1. The minimum absolute atomic E-state index is 0. The fraction of sp³-hybridized carbons (Fsp3) is 0.455. The molecule has 1 atom stereocenters. The smallest absolute Gasteiger partial charge is 0.248 e. The van der Waals surface area contributed by atoms with Crippen LogP contribution in [0, 0.1) is 11.1 Å². The first-order valence-electron chi connectivity index (χ1n) is 9.91. The summed E-state index contributed by atoms with van der Waals surface area (Å²) in [5.74, 6) is 0.133. The molecule has 1 aromatic heterocycles. The summed E-state index contributed by atoms with van der Waals surface area (Å²) in [7, 11) is 1.51. The molecule has 30 heavy (non-hydrogen) atoms. The number of unbranched alkanes of at least 4 members (excludes halogenated alkanes) is 4. The van der Waals surface area contributed by atoms with Crippen LogP contribution in [0.1, 0.15) is 51.0 Å². The van der Waals surface area contributed by atoms with Gasteiger partial charge in [0, 0.05) is 37.5 Å². The summed E-state index contributed by atoms with van der Waals surface area (Å²) in [6.07, 6.45) is 8.68. The predicted octanol–water partition coefficient (Wildman–Crippen LogP) is 4.01. The second kappa shape index (κ2) is 16.0. The van der Waals surface area contributed by atoms with Gasteiger partial charge in [-0.3, -0.25) is 4.79 Å². The zero-order valence-electron chi connectivity index (χ0n) is 17.9. The zero-order chi connectivity index (χ0) is 21.6. The van der Waals surface area contributed by atoms with Gasteiger partial charge >= 0.3 is 0 Å². The maximum Gasteiger partial charge on any atom is 0.248 e. The normalized spacial score (nSPS) is 10.9. The van der Waals surface area contributed by atoms with E-state index in [1.165, 1.54) is 32.6 Å². The van der Waals surface area contributed by atoms with E-state index in [0.29, 0.717) is 21.9 Å². The van der Waals surface area contributed by atoms with Gasteiger partial charge in [0.1, 0.15) is 0 Å². The Morgan fingerprint density at radius 2 is 1.93 bits per heavy atom. The van der Waals surface area contributed by atoms with Crippen molar-refractivity contribution >= 4 is 18.5 Å². The van der Waals surface area contributed by atoms with E-state index in [0.717, 1.165) is 24.8 Å². The summed E-state index contributed by atoms with van der Waals surface area (Å²) in [5.41, 5.74) is 6.47. The molecular formula is C22H32N2O4SZn. The molecule has 2 rings (SSSR count). The number of methoxy groups -OCH3 is 1. The van der Waals surface area contributed by atoms with Gasteiger partial charge in [-0.2, -0.15) is 4.73 Å². The van der Waals surface area contributed by atoms with Gasteiger partial charge in [-0.05, 0) is 36.6 Å². The van der Waals surface area contributed by atoms with Crippen LogP contribution < -0.4 is 15.2 Å². The molecule has 0 aliphatic heterocycles. The summed E-state index contributed by atoms with van der Waals surface area (Å²) in [5, 5.41) is 20.5. The van der Waals surface area contributed by atoms with Crippen LogP contribution in [0.15, 0.2) is 47.6 Å². The third-order valence-corrected chi connectivity index (χ3v) is 4.93. The molecule has 1 amide bonds. The Morgan fingerprint density at radius 1 is 1.23 bits per heavy atom. The summed E-state index contributed by atoms with van der Waals surface area (Å²) >= 11 is 3.85. The molecule has 2 aromatic rings. The number of phenolic OH excluding ortho intramolecular Hbond substituents is 1. The fourth-order valence-electron chi connectivity index (χ4n) is 2.89. The molecule has 1 heterocycles. The van der Waals surface area contributed by atoms with E-state index in [1.54, 1.807) is 30.3 Å². The van der Waals surface area contributed by atoms with Gasteiger partial charge in [0.2, 0.25) is 10.9 Å². The number of hydrogen-bond acceptors (Lipinski definition) is 5. The number of primary amides is 1. The Kier molecular flexibility index (Phi) is 15.0. The first kappa shape index (κ1) is 28.2. The topological polar surface area (TPSA) is 99.5 Å². The van der Waals surface area contributed by atoms with Crippen LogP contribution in [0.2, 0.25) is 0 Å². The number of phenols is 1. The van der Waals surface area contributed by atoms with Crippen molar-refractivity contribution in [2.45, 2.75) is 56.9 Å². The van der Waals surface area contributed by atoms with Crippen molar-refractivity contribution in [3.63, 3.8) is 0 Å². The molecule has 0 spiro atoms. The first-order valence-corrected chi connectivity index (χ1v) is 10.4. The van der Waals surface area contributed by atoms with Gasteiger partial charge < -0.3 is 20.8 Å². The monoisotopic (exact) mass is 484 g/mol. The Balaban J connectivity index is 0.000000782. The van der Waals surface area contributed by atoms with Crippen LogP contribution in [0.25, 0.3) is 0 Å². The van der Waals surface area contributed by atoms with E-state index in [-0.39, 0.29) is 37.1 Å². The molecule has 8 heteroatoms. The predicted molar refractivity (Wildman–Crippen MR) is 117 cm³/mol. The van der Waals surface area contributed by atoms with Gasteiger partial charge in [0.05, 0.1) is 7.11 Å². The standard InChI is InChI=1S/C17H27NO3.C5H5NOS.Zn/c1-3-4-5-6-7-8-14(17(18)20)11-13-9-10-15(19)16(12-13)21-2;7-6-4-2-1-3-5(6)8;/h9-10,12,14,19H,3-8,11H2,1-2H3,(H2,18,20);1-4,8H;. The number of carbonyl (C=O) groups excluding carboxylic acids is 1. The van der Waals surface area contributed by atoms with E-state index in [4.69, 9.17) is 10.5 Å². The quantitative estimate of drug-likeness (QED) is 0.156. The molecule has 3 N–H and O–H groups in total. The number of nitrogens with two attached hydrogens (primary N) is 1. The van der Waals surface area contributed by atoms with Crippen molar-refractivity contribution in [2.24, 2.45) is 11.7 Å². The summed E-state index contributed by atoms with van der Waals surface area (Å²) in [6, 6.07) is 10.2. The maximum absolute atomic E-state index is 11.6. The molecule has 0 aliphatic rings. The Labute approximate surface area is 197 Å². The summed E-state index contributed by atoms with van der Waals surface area (Å²) in [6.45, 7) is 2.18. The minimum Gasteiger partial charge on any atom is -0.618 e. The number of rotatable bonds is 10. The van der Waals surface area contributed by atoms with Crippen LogP contribution in [0.4, 0.5) is 0 Å². The number of hydrogen-bond donors (Lipinski definition) is 3. The first-order chi connectivity index (χ1) is 13.9. The van der Waals surface area contributed by atoms with Crippen molar-refractivity contribution < 1.29 is 38.8 Å². The molecule has 1 aromatic carbocycles. The number of thiol groups is 1. The van der Waals surface area contributed by atoms with E-state index in [1.807, 2.05) is 6.07 Å². The SMILES string of the molecule is CCCCCCCC(Cc1ccc(O)c(OC)c1)C(N)=O.[O-][n+]1ccccc1S.[Zn]. The molecule has 6 nitrogen and oxygen atoms in total. The van der Waals surface area contributed by atoms with Gasteiger partial charge in [0.25, 0.3) is 0 Å². The average molecular weight is 486 g/mol. The van der Waals surface area contributed by atoms with Gasteiger partial charge in [0.15, 0.2) is 17.7 Å². The van der Waals surface area contributed by atoms with Crippen molar-refractivity contribution in [1.82, 2.24) is 0 Å². The Bertz CT molecular complexity index is 741. The fourth-order valence-corrected chi connectivity index (χ4v) is 3.04. The average Bonchev–Trinajstić information content (AvgIpc) is 2.70.